The molecule has 0 atom stereocenters. The Labute approximate surface area is 156 Å². The fraction of sp³-hybridized carbons (Fsp3) is 0.300. The van der Waals surface area contributed by atoms with Crippen molar-refractivity contribution >= 4 is 39.2 Å². The number of hydrogen-bond donors (Lipinski definition) is 0. The van der Waals surface area contributed by atoms with Crippen molar-refractivity contribution in [3.63, 3.8) is 0 Å². The van der Waals surface area contributed by atoms with Crippen molar-refractivity contribution in [3.05, 3.63) is 57.9 Å². The molecule has 0 fully saturated rings. The smallest absolute Gasteiger partial charge is 0.280 e. The first kappa shape index (κ1) is 18.0. The molecule has 1 amide bonds. The molecule has 0 saturated heterocycles. The second-order valence-corrected chi connectivity index (χ2v) is 8.19. The number of thioether (sulfide) groups is 1. The Bertz CT molecular complexity index is 999. The molecular formula is C20H22N2OS2. The van der Waals surface area contributed by atoms with E-state index in [4.69, 9.17) is 0 Å². The van der Waals surface area contributed by atoms with E-state index < -0.39 is 0 Å². The number of aromatic nitrogens is 1. The molecule has 0 aliphatic carbocycles. The van der Waals surface area contributed by atoms with E-state index in [1.165, 1.54) is 15.8 Å². The van der Waals surface area contributed by atoms with Gasteiger partial charge < -0.3 is 4.57 Å². The van der Waals surface area contributed by atoms with Gasteiger partial charge in [-0.1, -0.05) is 30.4 Å². The van der Waals surface area contributed by atoms with Gasteiger partial charge in [-0.05, 0) is 61.9 Å². The first-order chi connectivity index (χ1) is 12.0. The van der Waals surface area contributed by atoms with Crippen molar-refractivity contribution in [1.29, 1.82) is 0 Å². The van der Waals surface area contributed by atoms with E-state index in [1.54, 1.807) is 23.1 Å². The average Bonchev–Trinajstić information content (AvgIpc) is 2.92. The summed E-state index contributed by atoms with van der Waals surface area (Å²) in [5.41, 5.74) is 4.36. The first-order valence-electron chi connectivity index (χ1n) is 8.46. The van der Waals surface area contributed by atoms with Crippen LogP contribution in [0.5, 0.6) is 0 Å². The van der Waals surface area contributed by atoms with Gasteiger partial charge in [0.2, 0.25) is 0 Å². The maximum atomic E-state index is 12.8. The molecule has 5 heteroatoms. The molecule has 0 spiro atoms. The molecule has 0 radical (unpaired) electrons. The van der Waals surface area contributed by atoms with Crippen LogP contribution in [0.3, 0.4) is 0 Å². The number of rotatable bonds is 4. The van der Waals surface area contributed by atoms with Crippen LogP contribution >= 0.6 is 23.1 Å². The fourth-order valence-electron chi connectivity index (χ4n) is 2.78. The van der Waals surface area contributed by atoms with E-state index in [0.29, 0.717) is 5.56 Å². The molecular weight excluding hydrogens is 348 g/mol. The number of carbonyl (C=O) groups is 1. The molecule has 1 heterocycles. The monoisotopic (exact) mass is 370 g/mol. The van der Waals surface area contributed by atoms with Gasteiger partial charge in [0.1, 0.15) is 0 Å². The molecule has 2 aromatic carbocycles. The third-order valence-electron chi connectivity index (χ3n) is 4.23. The van der Waals surface area contributed by atoms with Crippen LogP contribution in [0.15, 0.2) is 46.3 Å². The lowest BCUT2D eigenvalue weighted by atomic mass is 10.1. The van der Waals surface area contributed by atoms with E-state index in [-0.39, 0.29) is 5.91 Å². The zero-order chi connectivity index (χ0) is 18.0. The summed E-state index contributed by atoms with van der Waals surface area (Å²) in [4.78, 5) is 19.0. The van der Waals surface area contributed by atoms with Gasteiger partial charge in [0.15, 0.2) is 4.80 Å². The lowest BCUT2D eigenvalue weighted by Crippen LogP contribution is -2.16. The molecule has 0 aliphatic heterocycles. The summed E-state index contributed by atoms with van der Waals surface area (Å²) in [6.07, 6.45) is 0. The Kier molecular flexibility index (Phi) is 5.45. The highest BCUT2D eigenvalue weighted by Gasteiger charge is 2.12. The summed E-state index contributed by atoms with van der Waals surface area (Å²) in [5, 5.41) is 0. The zero-order valence-corrected chi connectivity index (χ0v) is 16.6. The van der Waals surface area contributed by atoms with E-state index in [1.807, 2.05) is 24.3 Å². The minimum Gasteiger partial charge on any atom is -0.317 e. The predicted octanol–water partition coefficient (Wildman–Crippen LogP) is 5.19. The van der Waals surface area contributed by atoms with E-state index in [9.17, 15) is 4.79 Å². The topological polar surface area (TPSA) is 34.4 Å². The third-order valence-corrected chi connectivity index (χ3v) is 6.23. The minimum absolute atomic E-state index is 0.168. The summed E-state index contributed by atoms with van der Waals surface area (Å²) in [6, 6.07) is 12.1. The second-order valence-electron chi connectivity index (χ2n) is 5.88. The van der Waals surface area contributed by atoms with Gasteiger partial charge in [0.05, 0.1) is 15.8 Å². The molecule has 130 valence electrons. The summed E-state index contributed by atoms with van der Waals surface area (Å²) in [5.74, 6) is 0.763. The molecule has 0 unspecified atom stereocenters. The Hall–Kier alpha value is -1.85. The lowest BCUT2D eigenvalue weighted by Gasteiger charge is -2.05. The van der Waals surface area contributed by atoms with Crippen LogP contribution in [0.25, 0.3) is 10.2 Å². The molecule has 0 N–H and O–H groups in total. The van der Waals surface area contributed by atoms with Crippen molar-refractivity contribution < 1.29 is 4.79 Å². The van der Waals surface area contributed by atoms with E-state index in [2.05, 4.69) is 49.4 Å². The Morgan fingerprint density at radius 1 is 1.16 bits per heavy atom. The third kappa shape index (κ3) is 3.58. The standard InChI is InChI=1S/C20H22N2OS2/c1-5-22-16-11-13(3)14(4)12-18(16)25-20(22)21-19(23)15-9-7-8-10-17(15)24-6-2/h7-12H,5-6H2,1-4H3. The van der Waals surface area contributed by atoms with Crippen LogP contribution in [0.2, 0.25) is 0 Å². The van der Waals surface area contributed by atoms with Gasteiger partial charge in [-0.25, -0.2) is 0 Å². The summed E-state index contributed by atoms with van der Waals surface area (Å²) in [7, 11) is 0. The second kappa shape index (κ2) is 7.58. The normalized spacial score (nSPS) is 12.1. The highest BCUT2D eigenvalue weighted by molar-refractivity contribution is 7.99. The Morgan fingerprint density at radius 2 is 1.88 bits per heavy atom. The van der Waals surface area contributed by atoms with E-state index >= 15 is 0 Å². The molecule has 3 rings (SSSR count). The Balaban J connectivity index is 2.14. The molecule has 0 aliphatic rings. The van der Waals surface area contributed by atoms with Crippen LogP contribution in [-0.2, 0) is 6.54 Å². The molecule has 0 saturated carbocycles. The molecule has 1 aromatic heterocycles. The highest BCUT2D eigenvalue weighted by Crippen LogP contribution is 2.24. The molecule has 3 nitrogen and oxygen atoms in total. The van der Waals surface area contributed by atoms with Crippen molar-refractivity contribution in [2.24, 2.45) is 4.99 Å². The van der Waals surface area contributed by atoms with Crippen molar-refractivity contribution in [1.82, 2.24) is 4.57 Å². The van der Waals surface area contributed by atoms with Crippen molar-refractivity contribution in [2.45, 2.75) is 39.1 Å². The number of hydrogen-bond acceptors (Lipinski definition) is 3. The van der Waals surface area contributed by atoms with Gasteiger partial charge in [-0.2, -0.15) is 4.99 Å². The van der Waals surface area contributed by atoms with Crippen molar-refractivity contribution in [3.8, 4) is 0 Å². The zero-order valence-electron chi connectivity index (χ0n) is 15.0. The van der Waals surface area contributed by atoms with Crippen LogP contribution in [0.1, 0.15) is 35.3 Å². The maximum Gasteiger partial charge on any atom is 0.280 e. The Morgan fingerprint density at radius 3 is 2.60 bits per heavy atom. The molecule has 0 bridgehead atoms. The van der Waals surface area contributed by atoms with Gasteiger partial charge in [0.25, 0.3) is 5.91 Å². The lowest BCUT2D eigenvalue weighted by molar-refractivity contribution is 0.0995. The number of benzene rings is 2. The fourth-order valence-corrected chi connectivity index (χ4v) is 4.75. The number of nitrogens with zero attached hydrogens (tertiary/aromatic N) is 2. The highest BCUT2D eigenvalue weighted by atomic mass is 32.2. The number of amides is 1. The van der Waals surface area contributed by atoms with E-state index in [0.717, 1.165) is 27.5 Å². The minimum atomic E-state index is -0.168. The van der Waals surface area contributed by atoms with Gasteiger partial charge >= 0.3 is 0 Å². The SMILES string of the molecule is CCSc1ccccc1C(=O)N=c1sc2cc(C)c(C)cc2n1CC. The quantitative estimate of drug-likeness (QED) is 0.592. The summed E-state index contributed by atoms with van der Waals surface area (Å²) >= 11 is 3.26. The molecule has 3 aromatic rings. The first-order valence-corrected chi connectivity index (χ1v) is 10.3. The van der Waals surface area contributed by atoms with Crippen molar-refractivity contribution in [2.75, 3.05) is 5.75 Å². The summed E-state index contributed by atoms with van der Waals surface area (Å²) in [6.45, 7) is 9.20. The maximum absolute atomic E-state index is 12.8. The predicted molar refractivity (Wildman–Crippen MR) is 108 cm³/mol. The number of thiazole rings is 1. The number of carbonyl (C=O) groups excluding carboxylic acids is 1. The largest absolute Gasteiger partial charge is 0.317 e. The van der Waals surface area contributed by atoms with Gasteiger partial charge in [-0.15, -0.1) is 11.8 Å². The summed E-state index contributed by atoms with van der Waals surface area (Å²) < 4.78 is 3.30. The van der Waals surface area contributed by atoms with Crippen LogP contribution in [0, 0.1) is 13.8 Å². The molecule has 25 heavy (non-hydrogen) atoms. The van der Waals surface area contributed by atoms with Crippen LogP contribution in [-0.4, -0.2) is 16.2 Å². The number of fused-ring (bicyclic) bond motifs is 1. The average molecular weight is 371 g/mol. The van der Waals surface area contributed by atoms with Gasteiger partial charge in [0, 0.05) is 11.4 Å². The number of aryl methyl sites for hydroxylation is 3. The van der Waals surface area contributed by atoms with Crippen LogP contribution < -0.4 is 4.80 Å². The van der Waals surface area contributed by atoms with Gasteiger partial charge in [-0.3, -0.25) is 4.79 Å². The van der Waals surface area contributed by atoms with Crippen LogP contribution in [0.4, 0.5) is 0 Å².